The van der Waals surface area contributed by atoms with Crippen LogP contribution in [0.5, 0.6) is 0 Å². The van der Waals surface area contributed by atoms with Crippen LogP contribution in [-0.4, -0.2) is 29.4 Å². The van der Waals surface area contributed by atoms with Crippen LogP contribution in [0.3, 0.4) is 0 Å². The summed E-state index contributed by atoms with van der Waals surface area (Å²) < 4.78 is 12.0. The van der Waals surface area contributed by atoms with Gasteiger partial charge in [-0.25, -0.2) is 4.79 Å². The predicted octanol–water partition coefficient (Wildman–Crippen LogP) is 4.08. The first-order chi connectivity index (χ1) is 10.5. The number of hydrogen-bond donors (Lipinski definition) is 1. The number of rotatable bonds is 6. The van der Waals surface area contributed by atoms with Gasteiger partial charge in [0.25, 0.3) is 0 Å². The van der Waals surface area contributed by atoms with Gasteiger partial charge in [-0.15, -0.1) is 0 Å². The van der Waals surface area contributed by atoms with Crippen LogP contribution in [-0.2, 0) is 16.0 Å². The zero-order valence-electron chi connectivity index (χ0n) is 14.4. The lowest BCUT2D eigenvalue weighted by Crippen LogP contribution is -2.04. The molecule has 0 aliphatic heterocycles. The van der Waals surface area contributed by atoms with E-state index in [-0.39, 0.29) is 17.5 Å². The molecule has 0 aliphatic carbocycles. The van der Waals surface area contributed by atoms with Crippen LogP contribution >= 0.6 is 0 Å². The minimum atomic E-state index is -0.353. The Bertz CT molecular complexity index is 541. The van der Waals surface area contributed by atoms with E-state index < -0.39 is 0 Å². The largest absolute Gasteiger partial charge is 0.505 e. The van der Waals surface area contributed by atoms with Gasteiger partial charge in [-0.05, 0) is 26.3 Å². The Balaban J connectivity index is 0.00000211. The van der Waals surface area contributed by atoms with Crippen molar-refractivity contribution in [2.75, 3.05) is 13.7 Å². The molecule has 0 spiro atoms. The molecule has 0 saturated carbocycles. The Hall–Kier alpha value is -2.17. The fourth-order valence-electron chi connectivity index (χ4n) is 1.93. The normalized spacial score (nSPS) is 10.5. The number of aliphatic hydroxyl groups is 1. The number of aryl methyl sites for hydroxylation is 1. The molecule has 0 atom stereocenters. The summed E-state index contributed by atoms with van der Waals surface area (Å²) in [6.07, 6.45) is 3.40. The van der Waals surface area contributed by atoms with Gasteiger partial charge >= 0.3 is 5.97 Å². The molecular formula is C17H27NO4. The number of aromatic nitrogens is 1. The molecule has 0 saturated heterocycles. The molecule has 1 rings (SSSR count). The second kappa shape index (κ2) is 9.71. The monoisotopic (exact) mass is 309 g/mol. The maximum atomic E-state index is 11.9. The van der Waals surface area contributed by atoms with Crippen molar-refractivity contribution < 1.29 is 19.4 Å². The number of carbonyl (C=O) groups is 1. The van der Waals surface area contributed by atoms with Gasteiger partial charge in [0.15, 0.2) is 5.76 Å². The first kappa shape index (κ1) is 19.8. The summed E-state index contributed by atoms with van der Waals surface area (Å²) in [5.41, 5.74) is 2.07. The third-order valence-corrected chi connectivity index (χ3v) is 2.99. The molecule has 5 heteroatoms. The average Bonchev–Trinajstić information content (AvgIpc) is 2.83. The first-order valence-corrected chi connectivity index (χ1v) is 7.46. The summed E-state index contributed by atoms with van der Waals surface area (Å²) in [4.78, 5) is 11.9. The molecule has 5 nitrogen and oxygen atoms in total. The SMILES string of the molecule is C=C(O)/C(=C\c1c(C)c(C(=O)OCC)cn1CC)OC.CC. The molecule has 1 aromatic heterocycles. The lowest BCUT2D eigenvalue weighted by molar-refractivity contribution is 0.0525. The van der Waals surface area contributed by atoms with E-state index >= 15 is 0 Å². The number of nitrogens with zero attached hydrogens (tertiary/aromatic N) is 1. The Morgan fingerprint density at radius 2 is 2.00 bits per heavy atom. The van der Waals surface area contributed by atoms with E-state index in [2.05, 4.69) is 6.58 Å². The minimum absolute atomic E-state index is 0.159. The van der Waals surface area contributed by atoms with Crippen LogP contribution in [0.1, 0.15) is 49.3 Å². The Kier molecular flexibility index (Phi) is 8.75. The summed E-state index contributed by atoms with van der Waals surface area (Å²) in [5, 5.41) is 9.44. The Morgan fingerprint density at radius 3 is 2.41 bits per heavy atom. The molecule has 0 radical (unpaired) electrons. The van der Waals surface area contributed by atoms with E-state index in [1.807, 2.05) is 32.3 Å². The minimum Gasteiger partial charge on any atom is -0.505 e. The molecule has 0 amide bonds. The first-order valence-electron chi connectivity index (χ1n) is 7.46. The molecule has 0 fully saturated rings. The molecule has 1 aromatic rings. The second-order valence-electron chi connectivity index (χ2n) is 4.22. The molecule has 22 heavy (non-hydrogen) atoms. The third kappa shape index (κ3) is 4.69. The standard InChI is InChI=1S/C15H21NO4.C2H6/c1-6-16-9-12(15(18)20-7-2)10(3)13(16)8-14(19-5)11(4)17;1-2/h8-9,17H,4,6-7H2,1-3,5H3;1-2H3/b14-8+;. The van der Waals surface area contributed by atoms with Crippen molar-refractivity contribution in [2.24, 2.45) is 0 Å². The summed E-state index contributed by atoms with van der Waals surface area (Å²) >= 11 is 0. The highest BCUT2D eigenvalue weighted by Crippen LogP contribution is 2.22. The molecule has 0 aromatic carbocycles. The third-order valence-electron chi connectivity index (χ3n) is 2.99. The van der Waals surface area contributed by atoms with Crippen LogP contribution in [0.15, 0.2) is 24.3 Å². The van der Waals surface area contributed by atoms with E-state index in [4.69, 9.17) is 9.47 Å². The van der Waals surface area contributed by atoms with Crippen molar-refractivity contribution in [1.29, 1.82) is 0 Å². The fourth-order valence-corrected chi connectivity index (χ4v) is 1.93. The average molecular weight is 309 g/mol. The van der Waals surface area contributed by atoms with Gasteiger partial charge in [-0.1, -0.05) is 20.4 Å². The summed E-state index contributed by atoms with van der Waals surface area (Å²) in [6.45, 7) is 14.0. The maximum absolute atomic E-state index is 11.9. The van der Waals surface area contributed by atoms with Crippen molar-refractivity contribution in [3.05, 3.63) is 41.1 Å². The number of aliphatic hydroxyl groups excluding tert-OH is 1. The van der Waals surface area contributed by atoms with E-state index in [0.717, 1.165) is 11.3 Å². The smallest absolute Gasteiger partial charge is 0.339 e. The lowest BCUT2D eigenvalue weighted by atomic mass is 10.1. The van der Waals surface area contributed by atoms with E-state index in [0.29, 0.717) is 18.7 Å². The number of ether oxygens (including phenoxy) is 2. The molecule has 1 heterocycles. The summed E-state index contributed by atoms with van der Waals surface area (Å²) in [6, 6.07) is 0. The molecule has 0 unspecified atom stereocenters. The maximum Gasteiger partial charge on any atom is 0.339 e. The van der Waals surface area contributed by atoms with Crippen LogP contribution in [0.25, 0.3) is 6.08 Å². The highest BCUT2D eigenvalue weighted by atomic mass is 16.5. The second-order valence-corrected chi connectivity index (χ2v) is 4.22. The van der Waals surface area contributed by atoms with Gasteiger partial charge in [0.05, 0.1) is 19.3 Å². The van der Waals surface area contributed by atoms with Gasteiger partial charge in [0, 0.05) is 24.5 Å². The number of carbonyl (C=O) groups excluding carboxylic acids is 1. The number of esters is 1. The van der Waals surface area contributed by atoms with Gasteiger partial charge in [0.1, 0.15) is 5.76 Å². The molecular weight excluding hydrogens is 282 g/mol. The zero-order valence-corrected chi connectivity index (χ0v) is 14.4. The van der Waals surface area contributed by atoms with Crippen LogP contribution in [0.2, 0.25) is 0 Å². The molecule has 0 aliphatic rings. The van der Waals surface area contributed by atoms with Gasteiger partial charge < -0.3 is 19.1 Å². The van der Waals surface area contributed by atoms with Crippen molar-refractivity contribution in [3.8, 4) is 0 Å². The summed E-state index contributed by atoms with van der Waals surface area (Å²) in [7, 11) is 1.45. The highest BCUT2D eigenvalue weighted by Gasteiger charge is 2.18. The summed E-state index contributed by atoms with van der Waals surface area (Å²) in [5.74, 6) is -0.251. The van der Waals surface area contributed by atoms with E-state index in [9.17, 15) is 9.90 Å². The molecule has 124 valence electrons. The zero-order chi connectivity index (χ0) is 17.3. The van der Waals surface area contributed by atoms with Crippen molar-refractivity contribution in [1.82, 2.24) is 4.57 Å². The quantitative estimate of drug-likeness (QED) is 0.488. The predicted molar refractivity (Wildman–Crippen MR) is 88.9 cm³/mol. The van der Waals surface area contributed by atoms with E-state index in [1.165, 1.54) is 7.11 Å². The van der Waals surface area contributed by atoms with Crippen molar-refractivity contribution in [3.63, 3.8) is 0 Å². The van der Waals surface area contributed by atoms with Gasteiger partial charge in [-0.3, -0.25) is 0 Å². The van der Waals surface area contributed by atoms with Gasteiger partial charge in [-0.2, -0.15) is 0 Å². The molecule has 0 bridgehead atoms. The highest BCUT2D eigenvalue weighted by molar-refractivity contribution is 5.92. The van der Waals surface area contributed by atoms with Crippen LogP contribution < -0.4 is 0 Å². The van der Waals surface area contributed by atoms with Crippen LogP contribution in [0.4, 0.5) is 0 Å². The number of hydrogen-bond acceptors (Lipinski definition) is 4. The van der Waals surface area contributed by atoms with E-state index in [1.54, 1.807) is 19.2 Å². The molecule has 1 N–H and O–H groups in total. The lowest BCUT2D eigenvalue weighted by Gasteiger charge is -2.07. The number of methoxy groups -OCH3 is 1. The van der Waals surface area contributed by atoms with Crippen LogP contribution in [0, 0.1) is 6.92 Å². The topological polar surface area (TPSA) is 60.7 Å². The van der Waals surface area contributed by atoms with Gasteiger partial charge in [0.2, 0.25) is 0 Å². The van der Waals surface area contributed by atoms with Crippen molar-refractivity contribution in [2.45, 2.75) is 41.2 Å². The van der Waals surface area contributed by atoms with Crippen molar-refractivity contribution >= 4 is 12.0 Å². The fraction of sp³-hybridized carbons (Fsp3) is 0.471. The Labute approximate surface area is 132 Å². The Morgan fingerprint density at radius 1 is 1.41 bits per heavy atom.